The second-order valence-electron chi connectivity index (χ2n) is 18.9. The molecule has 0 aromatic rings. The van der Waals surface area contributed by atoms with Crippen molar-refractivity contribution in [3.8, 4) is 0 Å². The molecule has 10 heteroatoms. The summed E-state index contributed by atoms with van der Waals surface area (Å²) >= 11 is 0. The van der Waals surface area contributed by atoms with Crippen molar-refractivity contribution in [3.05, 3.63) is 60.8 Å². The number of hydrogen-bond acceptors (Lipinski definition) is 8. The Balaban J connectivity index is 4.26. The molecule has 65 heavy (non-hydrogen) atoms. The number of carbonyl (C=O) groups excluding carboxylic acids is 2. The summed E-state index contributed by atoms with van der Waals surface area (Å²) in [4.78, 5) is 37.7. The molecule has 0 amide bonds. The molecule has 0 fully saturated rings. The van der Waals surface area contributed by atoms with Gasteiger partial charge in [0, 0.05) is 12.8 Å². The summed E-state index contributed by atoms with van der Waals surface area (Å²) in [7, 11) is 1.14. The highest BCUT2D eigenvalue weighted by Crippen LogP contribution is 2.38. The first kappa shape index (κ1) is 62.7. The summed E-state index contributed by atoms with van der Waals surface area (Å²) in [5.41, 5.74) is 0. The Bertz CT molecular complexity index is 1290. The van der Waals surface area contributed by atoms with E-state index in [1.54, 1.807) is 0 Å². The van der Waals surface area contributed by atoms with Crippen LogP contribution in [-0.2, 0) is 32.7 Å². The highest BCUT2D eigenvalue weighted by molar-refractivity contribution is 7.45. The molecule has 2 unspecified atom stereocenters. The first-order valence-electron chi connectivity index (χ1n) is 26.5. The summed E-state index contributed by atoms with van der Waals surface area (Å²) in [5.74, 6) is -0.866. The Hall–Kier alpha value is -2.29. The lowest BCUT2D eigenvalue weighted by atomic mass is 10.0. The number of esters is 2. The number of carbonyl (C=O) groups is 2. The minimum atomic E-state index is -4.64. The molecule has 0 aromatic carbocycles. The minimum absolute atomic E-state index is 0.0388. The molecule has 0 saturated carbocycles. The van der Waals surface area contributed by atoms with Gasteiger partial charge in [-0.3, -0.25) is 14.2 Å². The van der Waals surface area contributed by atoms with E-state index < -0.39 is 32.5 Å². The van der Waals surface area contributed by atoms with Gasteiger partial charge in [-0.2, -0.15) is 0 Å². The number of likely N-dealkylation sites (N-methyl/N-ethyl adjacent to an activating group) is 1. The third kappa shape index (κ3) is 51.0. The molecule has 0 bridgehead atoms. The lowest BCUT2D eigenvalue weighted by molar-refractivity contribution is -0.870. The molecule has 0 spiro atoms. The van der Waals surface area contributed by atoms with Gasteiger partial charge < -0.3 is 27.9 Å². The summed E-state index contributed by atoms with van der Waals surface area (Å²) in [6.07, 6.45) is 58.3. The molecule has 0 heterocycles. The summed E-state index contributed by atoms with van der Waals surface area (Å²) in [6.45, 7) is 4.10. The van der Waals surface area contributed by atoms with Gasteiger partial charge in [0.2, 0.25) is 0 Å². The highest BCUT2D eigenvalue weighted by Gasteiger charge is 2.21. The number of quaternary nitrogens is 1. The maximum absolute atomic E-state index is 12.7. The second kappa shape index (κ2) is 46.8. The number of nitrogens with zero attached hydrogens (tertiary/aromatic N) is 1. The van der Waals surface area contributed by atoms with E-state index in [1.807, 2.05) is 21.1 Å². The Morgan fingerprint density at radius 3 is 1.31 bits per heavy atom. The van der Waals surface area contributed by atoms with Crippen LogP contribution in [0, 0.1) is 0 Å². The Morgan fingerprint density at radius 2 is 0.877 bits per heavy atom. The molecule has 378 valence electrons. The van der Waals surface area contributed by atoms with Crippen LogP contribution in [0.3, 0.4) is 0 Å². The second-order valence-corrected chi connectivity index (χ2v) is 20.3. The van der Waals surface area contributed by atoms with Crippen LogP contribution >= 0.6 is 7.82 Å². The van der Waals surface area contributed by atoms with Gasteiger partial charge in [0.25, 0.3) is 7.82 Å². The van der Waals surface area contributed by atoms with E-state index in [1.165, 1.54) is 122 Å². The van der Waals surface area contributed by atoms with Crippen LogP contribution in [-0.4, -0.2) is 70.0 Å². The standard InChI is InChI=1S/C55H100NO8P/c1-6-8-10-12-14-16-18-20-22-24-26-27-28-30-31-33-35-37-39-41-43-45-47-54(57)61-51-53(52-63-65(59,60)62-50-49-56(3,4)5)64-55(58)48-46-44-42-40-38-36-34-32-29-25-23-21-19-17-15-13-11-9-7-2/h9,11,15,17,21,23,29,32,36,38,53H,6-8,10,12-14,16,18-20,22,24-28,30-31,33-35,37,39-52H2,1-5H3/b11-9-,17-15-,23-21-,32-29-,38-36-. The van der Waals surface area contributed by atoms with E-state index in [9.17, 15) is 19.0 Å². The zero-order valence-electron chi connectivity index (χ0n) is 42.7. The van der Waals surface area contributed by atoms with Crippen molar-refractivity contribution in [2.45, 2.75) is 232 Å². The van der Waals surface area contributed by atoms with Crippen molar-refractivity contribution >= 4 is 19.8 Å². The maximum atomic E-state index is 12.7. The van der Waals surface area contributed by atoms with Crippen LogP contribution in [0.5, 0.6) is 0 Å². The SMILES string of the molecule is CC/C=C\C/C=C\C/C=C\C/C=C\C/C=C\CCCCCC(=O)OC(COC(=O)CCCCCCCCCCCCCCCCCCCCCCCC)COP(=O)([O-])OCC[N+](C)(C)C. The molecule has 2 atom stereocenters. The first-order valence-corrected chi connectivity index (χ1v) is 28.0. The third-order valence-corrected chi connectivity index (χ3v) is 12.3. The smallest absolute Gasteiger partial charge is 0.306 e. The number of rotatable bonds is 48. The van der Waals surface area contributed by atoms with Crippen molar-refractivity contribution < 1.29 is 42.1 Å². The fraction of sp³-hybridized carbons (Fsp3) is 0.782. The van der Waals surface area contributed by atoms with E-state index in [-0.39, 0.29) is 26.1 Å². The number of hydrogen-bond donors (Lipinski definition) is 0. The van der Waals surface area contributed by atoms with E-state index in [0.717, 1.165) is 70.6 Å². The van der Waals surface area contributed by atoms with Gasteiger partial charge in [0.1, 0.15) is 19.8 Å². The van der Waals surface area contributed by atoms with Gasteiger partial charge in [0.05, 0.1) is 27.7 Å². The topological polar surface area (TPSA) is 111 Å². The molecule has 0 aliphatic rings. The highest BCUT2D eigenvalue weighted by atomic mass is 31.2. The predicted octanol–water partition coefficient (Wildman–Crippen LogP) is 15.3. The van der Waals surface area contributed by atoms with Gasteiger partial charge in [0.15, 0.2) is 6.10 Å². The van der Waals surface area contributed by atoms with Crippen LogP contribution < -0.4 is 4.89 Å². The number of unbranched alkanes of at least 4 members (excludes halogenated alkanes) is 24. The van der Waals surface area contributed by atoms with Crippen LogP contribution in [0.1, 0.15) is 226 Å². The van der Waals surface area contributed by atoms with Gasteiger partial charge in [-0.05, 0) is 57.8 Å². The lowest BCUT2D eigenvalue weighted by Gasteiger charge is -2.28. The average molecular weight is 934 g/mol. The van der Waals surface area contributed by atoms with Crippen molar-refractivity contribution in [2.24, 2.45) is 0 Å². The molecular formula is C55H100NO8P. The van der Waals surface area contributed by atoms with E-state index >= 15 is 0 Å². The summed E-state index contributed by atoms with van der Waals surface area (Å²) in [6, 6.07) is 0. The molecule has 0 aliphatic carbocycles. The molecule has 0 aliphatic heterocycles. The maximum Gasteiger partial charge on any atom is 0.306 e. The molecule has 0 saturated heterocycles. The van der Waals surface area contributed by atoms with Gasteiger partial charge in [-0.15, -0.1) is 0 Å². The minimum Gasteiger partial charge on any atom is -0.756 e. The van der Waals surface area contributed by atoms with Crippen LogP contribution in [0.25, 0.3) is 0 Å². The Kier molecular flexibility index (Phi) is 45.2. The molecule has 0 radical (unpaired) electrons. The van der Waals surface area contributed by atoms with Crippen molar-refractivity contribution in [1.82, 2.24) is 0 Å². The monoisotopic (exact) mass is 934 g/mol. The third-order valence-electron chi connectivity index (χ3n) is 11.3. The summed E-state index contributed by atoms with van der Waals surface area (Å²) < 4.78 is 34.0. The lowest BCUT2D eigenvalue weighted by Crippen LogP contribution is -2.37. The molecular weight excluding hydrogens is 834 g/mol. The number of phosphoric ester groups is 1. The number of phosphoric acid groups is 1. The van der Waals surface area contributed by atoms with E-state index in [4.69, 9.17) is 18.5 Å². The van der Waals surface area contributed by atoms with Gasteiger partial charge in [-0.25, -0.2) is 0 Å². The number of allylic oxidation sites excluding steroid dienone is 10. The number of ether oxygens (including phenoxy) is 2. The van der Waals surface area contributed by atoms with Crippen LogP contribution in [0.2, 0.25) is 0 Å². The largest absolute Gasteiger partial charge is 0.756 e. The average Bonchev–Trinajstić information content (AvgIpc) is 3.26. The fourth-order valence-corrected chi connectivity index (χ4v) is 7.94. The summed E-state index contributed by atoms with van der Waals surface area (Å²) in [5, 5.41) is 0. The molecule has 0 N–H and O–H groups in total. The normalized spacial score (nSPS) is 13.9. The predicted molar refractivity (Wildman–Crippen MR) is 273 cm³/mol. The van der Waals surface area contributed by atoms with Crippen molar-refractivity contribution in [2.75, 3.05) is 47.5 Å². The van der Waals surface area contributed by atoms with Gasteiger partial charge >= 0.3 is 11.9 Å². The van der Waals surface area contributed by atoms with Gasteiger partial charge in [-0.1, -0.05) is 216 Å². The Labute approximate surface area is 400 Å². The quantitative estimate of drug-likeness (QED) is 0.0195. The van der Waals surface area contributed by atoms with E-state index in [2.05, 4.69) is 74.6 Å². The molecule has 0 aromatic heterocycles. The molecule has 0 rings (SSSR count). The van der Waals surface area contributed by atoms with Crippen LogP contribution in [0.4, 0.5) is 0 Å². The van der Waals surface area contributed by atoms with Crippen molar-refractivity contribution in [3.63, 3.8) is 0 Å². The zero-order valence-corrected chi connectivity index (χ0v) is 43.6. The van der Waals surface area contributed by atoms with Crippen molar-refractivity contribution in [1.29, 1.82) is 0 Å². The first-order chi connectivity index (χ1) is 31.5. The van der Waals surface area contributed by atoms with Crippen LogP contribution in [0.15, 0.2) is 60.8 Å². The Morgan fingerprint density at radius 1 is 0.492 bits per heavy atom. The molecule has 9 nitrogen and oxygen atoms in total. The zero-order chi connectivity index (χ0) is 47.8. The fourth-order valence-electron chi connectivity index (χ4n) is 7.21. The van der Waals surface area contributed by atoms with E-state index in [0.29, 0.717) is 17.4 Å².